The number of carbonyl (C=O) groups excluding carboxylic acids is 1. The highest BCUT2D eigenvalue weighted by molar-refractivity contribution is 5.81. The van der Waals surface area contributed by atoms with Gasteiger partial charge in [-0.15, -0.1) is 0 Å². The Morgan fingerprint density at radius 3 is 2.86 bits per heavy atom. The summed E-state index contributed by atoms with van der Waals surface area (Å²) in [6, 6.07) is 4.86. The molecule has 1 amide bonds. The number of imidazole rings is 1. The smallest absolute Gasteiger partial charge is 0.223 e. The van der Waals surface area contributed by atoms with Crippen LogP contribution < -0.4 is 16.0 Å². The molecule has 2 aromatic heterocycles. The number of rotatable bonds is 6. The first-order chi connectivity index (χ1) is 14.1. The quantitative estimate of drug-likeness (QED) is 0.516. The number of aliphatic imine (C=N–C) groups is 1. The van der Waals surface area contributed by atoms with Crippen LogP contribution in [0.1, 0.15) is 49.8 Å². The van der Waals surface area contributed by atoms with Crippen LogP contribution in [-0.2, 0) is 11.2 Å². The number of amides is 1. The molecule has 156 valence electrons. The van der Waals surface area contributed by atoms with Crippen molar-refractivity contribution >= 4 is 17.5 Å². The van der Waals surface area contributed by atoms with Crippen molar-refractivity contribution in [3.8, 4) is 0 Å². The van der Waals surface area contributed by atoms with Crippen molar-refractivity contribution in [3.63, 3.8) is 0 Å². The number of nitrogens with one attached hydrogen (secondary N) is 3. The van der Waals surface area contributed by atoms with E-state index in [-0.39, 0.29) is 11.8 Å². The highest BCUT2D eigenvalue weighted by atomic mass is 16.2. The third kappa shape index (κ3) is 5.08. The normalized spacial score (nSPS) is 22.5. The number of hydrogen-bond acceptors (Lipinski definition) is 3. The molecule has 7 nitrogen and oxygen atoms in total. The average molecular weight is 397 g/mol. The Labute approximate surface area is 172 Å². The van der Waals surface area contributed by atoms with E-state index < -0.39 is 0 Å². The first kappa shape index (κ1) is 19.7. The summed E-state index contributed by atoms with van der Waals surface area (Å²) < 4.78 is 2.08. The Hall–Kier alpha value is -2.57. The van der Waals surface area contributed by atoms with Gasteiger partial charge in [0.25, 0.3) is 0 Å². The summed E-state index contributed by atoms with van der Waals surface area (Å²) >= 11 is 0. The highest BCUT2D eigenvalue weighted by Gasteiger charge is 2.31. The van der Waals surface area contributed by atoms with Crippen LogP contribution in [0.4, 0.5) is 0 Å². The average Bonchev–Trinajstić information content (AvgIpc) is 3.43. The lowest BCUT2D eigenvalue weighted by Gasteiger charge is -2.30. The van der Waals surface area contributed by atoms with Crippen LogP contribution in [0.2, 0.25) is 0 Å². The number of hydrogen-bond donors (Lipinski definition) is 3. The van der Waals surface area contributed by atoms with Gasteiger partial charge >= 0.3 is 0 Å². The Balaban J connectivity index is 1.25. The minimum absolute atomic E-state index is 0.126. The van der Waals surface area contributed by atoms with Crippen LogP contribution in [0, 0.1) is 12.8 Å². The molecule has 0 aliphatic heterocycles. The molecule has 2 fully saturated rings. The topological polar surface area (TPSA) is 82.8 Å². The van der Waals surface area contributed by atoms with Gasteiger partial charge in [0.2, 0.25) is 5.91 Å². The van der Waals surface area contributed by atoms with Crippen molar-refractivity contribution in [3.05, 3.63) is 35.8 Å². The fourth-order valence-electron chi connectivity index (χ4n) is 4.13. The standard InChI is InChI=1S/C22H32N6O/c1-15-5-4-12-28-14-19(25-20(15)28)10-11-24-22(23-2)27-18-7-3-6-16(13-18)21(29)26-17-8-9-17/h4-5,12,14,16-18H,3,6-11,13H2,1-2H3,(H,26,29)(H2,23,24,27). The van der Waals surface area contributed by atoms with Gasteiger partial charge in [0.15, 0.2) is 5.96 Å². The van der Waals surface area contributed by atoms with E-state index in [1.54, 1.807) is 7.05 Å². The van der Waals surface area contributed by atoms with Gasteiger partial charge in [-0.05, 0) is 50.7 Å². The molecular weight excluding hydrogens is 364 g/mol. The maximum absolute atomic E-state index is 12.4. The fraction of sp³-hybridized carbons (Fsp3) is 0.591. The van der Waals surface area contributed by atoms with Crippen molar-refractivity contribution in [2.24, 2.45) is 10.9 Å². The lowest BCUT2D eigenvalue weighted by atomic mass is 9.85. The van der Waals surface area contributed by atoms with E-state index in [9.17, 15) is 4.79 Å². The summed E-state index contributed by atoms with van der Waals surface area (Å²) in [4.78, 5) is 21.5. The molecule has 4 rings (SSSR count). The van der Waals surface area contributed by atoms with E-state index in [4.69, 9.17) is 4.98 Å². The van der Waals surface area contributed by atoms with Gasteiger partial charge in [-0.3, -0.25) is 9.79 Å². The molecule has 0 spiro atoms. The van der Waals surface area contributed by atoms with Gasteiger partial charge < -0.3 is 20.4 Å². The van der Waals surface area contributed by atoms with Crippen molar-refractivity contribution in [1.82, 2.24) is 25.3 Å². The van der Waals surface area contributed by atoms with Gasteiger partial charge in [0.05, 0.1) is 5.69 Å². The van der Waals surface area contributed by atoms with Crippen LogP contribution in [0.5, 0.6) is 0 Å². The van der Waals surface area contributed by atoms with Crippen LogP contribution in [-0.4, -0.2) is 46.9 Å². The molecule has 2 saturated carbocycles. The fourth-order valence-corrected chi connectivity index (χ4v) is 4.13. The molecule has 2 atom stereocenters. The van der Waals surface area contributed by atoms with E-state index in [1.165, 1.54) is 5.56 Å². The second-order valence-corrected chi connectivity index (χ2v) is 8.39. The molecule has 0 saturated heterocycles. The second kappa shape index (κ2) is 8.84. The van der Waals surface area contributed by atoms with E-state index in [2.05, 4.69) is 44.5 Å². The van der Waals surface area contributed by atoms with E-state index in [0.717, 1.165) is 68.8 Å². The number of aromatic nitrogens is 2. The second-order valence-electron chi connectivity index (χ2n) is 8.39. The van der Waals surface area contributed by atoms with Crippen LogP contribution in [0.25, 0.3) is 5.65 Å². The van der Waals surface area contributed by atoms with E-state index in [0.29, 0.717) is 12.1 Å². The Kier molecular flexibility index (Phi) is 6.02. The van der Waals surface area contributed by atoms with Crippen molar-refractivity contribution in [1.29, 1.82) is 0 Å². The molecule has 7 heteroatoms. The first-order valence-corrected chi connectivity index (χ1v) is 10.8. The summed E-state index contributed by atoms with van der Waals surface area (Å²) in [7, 11) is 1.80. The molecule has 0 aromatic carbocycles. The van der Waals surface area contributed by atoms with Gasteiger partial charge in [-0.2, -0.15) is 0 Å². The number of guanidine groups is 1. The van der Waals surface area contributed by atoms with E-state index in [1.807, 2.05) is 12.3 Å². The summed E-state index contributed by atoms with van der Waals surface area (Å²) in [6.45, 7) is 2.85. The molecule has 29 heavy (non-hydrogen) atoms. The molecule has 2 aliphatic rings. The van der Waals surface area contributed by atoms with E-state index >= 15 is 0 Å². The monoisotopic (exact) mass is 396 g/mol. The summed E-state index contributed by atoms with van der Waals surface area (Å²) in [5, 5.41) is 10.1. The Morgan fingerprint density at radius 2 is 2.10 bits per heavy atom. The number of nitrogens with zero attached hydrogens (tertiary/aromatic N) is 3. The van der Waals surface area contributed by atoms with Crippen molar-refractivity contribution in [2.45, 2.75) is 64.0 Å². The number of fused-ring (bicyclic) bond motifs is 1. The molecule has 0 radical (unpaired) electrons. The molecule has 2 unspecified atom stereocenters. The van der Waals surface area contributed by atoms with Crippen LogP contribution in [0.15, 0.2) is 29.5 Å². The predicted molar refractivity (Wildman–Crippen MR) is 115 cm³/mol. The SMILES string of the molecule is CN=C(NCCc1cn2cccc(C)c2n1)NC1CCCC(C(=O)NC2CC2)C1. The Bertz CT molecular complexity index is 885. The zero-order valence-electron chi connectivity index (χ0n) is 17.4. The minimum atomic E-state index is 0.126. The predicted octanol–water partition coefficient (Wildman–Crippen LogP) is 2.19. The molecule has 2 aliphatic carbocycles. The molecular formula is C22H32N6O. The molecule has 0 bridgehead atoms. The number of pyridine rings is 1. The lowest BCUT2D eigenvalue weighted by Crippen LogP contribution is -2.47. The van der Waals surface area contributed by atoms with Crippen molar-refractivity contribution in [2.75, 3.05) is 13.6 Å². The number of carbonyl (C=O) groups is 1. The first-order valence-electron chi connectivity index (χ1n) is 10.8. The molecule has 2 aromatic rings. The lowest BCUT2D eigenvalue weighted by molar-refractivity contribution is -0.126. The van der Waals surface area contributed by atoms with Crippen molar-refractivity contribution < 1.29 is 4.79 Å². The highest BCUT2D eigenvalue weighted by Crippen LogP contribution is 2.26. The minimum Gasteiger partial charge on any atom is -0.356 e. The molecule has 2 heterocycles. The van der Waals surface area contributed by atoms with Crippen LogP contribution in [0.3, 0.4) is 0 Å². The van der Waals surface area contributed by atoms with Gasteiger partial charge in [0.1, 0.15) is 5.65 Å². The van der Waals surface area contributed by atoms with Gasteiger partial charge in [-0.25, -0.2) is 4.98 Å². The third-order valence-electron chi connectivity index (χ3n) is 5.93. The van der Waals surface area contributed by atoms with Gasteiger partial charge in [0, 0.05) is 50.4 Å². The Morgan fingerprint density at radius 1 is 1.24 bits per heavy atom. The summed E-state index contributed by atoms with van der Waals surface area (Å²) in [6.07, 6.45) is 11.3. The molecule has 3 N–H and O–H groups in total. The zero-order valence-corrected chi connectivity index (χ0v) is 17.4. The maximum Gasteiger partial charge on any atom is 0.223 e. The largest absolute Gasteiger partial charge is 0.356 e. The van der Waals surface area contributed by atoms with Gasteiger partial charge in [-0.1, -0.05) is 12.5 Å². The number of aryl methyl sites for hydroxylation is 1. The summed E-state index contributed by atoms with van der Waals surface area (Å²) in [5.41, 5.74) is 3.27. The third-order valence-corrected chi connectivity index (χ3v) is 5.93. The maximum atomic E-state index is 12.4. The zero-order chi connectivity index (χ0) is 20.2. The van der Waals surface area contributed by atoms with Crippen LogP contribution >= 0.6 is 0 Å². The summed E-state index contributed by atoms with van der Waals surface area (Å²) in [5.74, 6) is 1.17.